The molecule has 0 aliphatic heterocycles. The first-order valence-electron chi connectivity index (χ1n) is 3.99. The molecule has 0 atom stereocenters. The average Bonchev–Trinajstić information content (AvgIpc) is 2.16. The normalized spacial score (nSPS) is 9.94. The van der Waals surface area contributed by atoms with Crippen LogP contribution in [-0.2, 0) is 4.47 Å². The van der Waals surface area contributed by atoms with Crippen LogP contribution in [0.15, 0.2) is 18.2 Å². The molecule has 0 fully saturated rings. The molecule has 88 valence electrons. The fourth-order valence-electron chi connectivity index (χ4n) is 0.786. The molecule has 16 heavy (non-hydrogen) atoms. The average molecular weight is 457 g/mol. The first-order valence-corrected chi connectivity index (χ1v) is 11.6. The molecule has 8 heteroatoms. The van der Waals surface area contributed by atoms with Crippen molar-refractivity contribution >= 4 is 6.29 Å². The number of hydrogen-bond donors (Lipinski definition) is 0. The topological polar surface area (TPSA) is 129 Å². The molecule has 0 saturated heterocycles. The second-order valence-corrected chi connectivity index (χ2v) is 7.75. The predicted molar refractivity (Wildman–Crippen MR) is 46.4 cm³/mol. The van der Waals surface area contributed by atoms with E-state index in [1.165, 1.54) is 19.2 Å². The van der Waals surface area contributed by atoms with Crippen LogP contribution in [0.1, 0.15) is 10.4 Å². The first-order chi connectivity index (χ1) is 7.29. The molecule has 0 aromatic heterocycles. The number of carbonyl (C=O) groups excluding carboxylic acids is 1. The van der Waals surface area contributed by atoms with E-state index in [4.69, 9.17) is 14.4 Å². The Morgan fingerprint density at radius 2 is 1.88 bits per heavy atom. The van der Waals surface area contributed by atoms with Crippen LogP contribution in [0.5, 0.6) is 11.5 Å². The number of rotatable bonds is 2. The van der Waals surface area contributed by atoms with Gasteiger partial charge in [-0.2, -0.15) is 0 Å². The fourth-order valence-corrected chi connectivity index (χ4v) is 0.786. The zero-order valence-corrected chi connectivity index (χ0v) is 12.5. The van der Waals surface area contributed by atoms with Crippen LogP contribution >= 0.6 is 0 Å². The van der Waals surface area contributed by atoms with E-state index in [1.807, 2.05) is 0 Å². The van der Waals surface area contributed by atoms with Gasteiger partial charge in [0.15, 0.2) is 0 Å². The van der Waals surface area contributed by atoms with Gasteiger partial charge in [0.05, 0.1) is 7.11 Å². The molecule has 1 aromatic carbocycles. The van der Waals surface area contributed by atoms with E-state index in [9.17, 15) is 9.90 Å². The van der Waals surface area contributed by atoms with Gasteiger partial charge in [0.1, 0.15) is 12.0 Å². The van der Waals surface area contributed by atoms with Gasteiger partial charge in [0.2, 0.25) is 0 Å². The second-order valence-electron chi connectivity index (χ2n) is 2.61. The first kappa shape index (κ1) is 15.1. The third-order valence-electron chi connectivity index (χ3n) is 1.36. The molecule has 0 aliphatic carbocycles. The molecule has 7 nitrogen and oxygen atoms in total. The van der Waals surface area contributed by atoms with Crippen LogP contribution in [0, 0.1) is 25.4 Å². The van der Waals surface area contributed by atoms with Gasteiger partial charge in [-0.25, -0.2) is 0 Å². The van der Waals surface area contributed by atoms with E-state index in [2.05, 4.69) is 0 Å². The monoisotopic (exact) mass is 457 g/mol. The van der Waals surface area contributed by atoms with Crippen molar-refractivity contribution in [3.63, 3.8) is 0 Å². The molecule has 0 unspecified atom stereocenters. The maximum absolute atomic E-state index is 11.1. The summed E-state index contributed by atoms with van der Waals surface area (Å²) in [7, 11) is 1.39. The van der Waals surface area contributed by atoms with Gasteiger partial charge in [-0.1, -0.05) is 17.9 Å². The molecule has 0 heterocycles. The van der Waals surface area contributed by atoms with E-state index in [-0.39, 0.29) is 17.1 Å². The summed E-state index contributed by atoms with van der Waals surface area (Å²) in [6, 6.07) is 4.58. The van der Waals surface area contributed by atoms with Crippen molar-refractivity contribution in [2.75, 3.05) is 7.11 Å². The van der Waals surface area contributed by atoms with Crippen LogP contribution in [0.3, 0.4) is 0 Å². The van der Waals surface area contributed by atoms with Crippen molar-refractivity contribution in [2.45, 2.75) is 0 Å². The van der Waals surface area contributed by atoms with Crippen LogP contribution in [-0.4, -0.2) is 18.6 Å². The Morgan fingerprint density at radius 3 is 2.25 bits per heavy atom. The maximum atomic E-state index is 11.1. The molecule has 0 radical (unpaired) electrons. The third-order valence-corrected chi connectivity index (χ3v) is 1.36. The summed E-state index contributed by atoms with van der Waals surface area (Å²) in [5, 5.41) is 11.1. The van der Waals surface area contributed by atoms with E-state index in [1.54, 1.807) is 6.07 Å². The molecular formula is C8H11O7U+. The molecule has 1 aromatic rings. The van der Waals surface area contributed by atoms with Crippen LogP contribution in [0.2, 0.25) is 0 Å². The number of carbonyl (C=O) groups is 1. The van der Waals surface area contributed by atoms with Gasteiger partial charge in [-0.15, -0.1) is 0 Å². The van der Waals surface area contributed by atoms with Crippen LogP contribution in [0.25, 0.3) is 0 Å². The van der Waals surface area contributed by atoms with Crippen molar-refractivity contribution in [1.82, 2.24) is 0 Å². The van der Waals surface area contributed by atoms with Gasteiger partial charge < -0.3 is 9.84 Å². The van der Waals surface area contributed by atoms with E-state index in [0.717, 1.165) is 0 Å². The summed E-state index contributed by atoms with van der Waals surface area (Å²) < 4.78 is 34.4. The summed E-state index contributed by atoms with van der Waals surface area (Å²) >= 11 is -5.34. The third kappa shape index (κ3) is 6.53. The summed E-state index contributed by atoms with van der Waals surface area (Å²) in [6.07, 6.45) is 0.519. The molecule has 1 rings (SSSR count). The summed E-state index contributed by atoms with van der Waals surface area (Å²) in [6.45, 7) is 0. The minimum absolute atomic E-state index is 0.129. The number of hydrogen-bond acceptors (Lipinski definition) is 5. The Kier molecular flexibility index (Phi) is 6.22. The Labute approximate surface area is 98.1 Å². The Morgan fingerprint density at radius 1 is 1.38 bits per heavy atom. The zero-order valence-electron chi connectivity index (χ0n) is 8.35. The van der Waals surface area contributed by atoms with Gasteiger partial charge in [0.25, 0.3) is 0 Å². The van der Waals surface area contributed by atoms with Crippen molar-refractivity contribution in [1.29, 1.82) is 0 Å². The Hall–Kier alpha value is -0.938. The molecule has 4 N–H and O–H groups in total. The van der Waals surface area contributed by atoms with Crippen molar-refractivity contribution in [3.05, 3.63) is 23.8 Å². The molecular weight excluding hydrogens is 446 g/mol. The quantitative estimate of drug-likeness (QED) is 0.403. The predicted octanol–water partition coefficient (Wildman–Crippen LogP) is -1.31. The standard InChI is InChI=1S/C8H8O3.2H2O.2O.U/c1-11-7-4-2-3-6(5-9)8(7)10;;;;;/h2-5,10H,1H3;2*1H2;;;/q;;;;;+2/p-1. The zero-order chi connectivity index (χ0) is 12.8. The number of ether oxygens (including phenoxy) is 1. The Balaban J connectivity index is 0.000000385. The molecule has 0 aliphatic rings. The minimum atomic E-state index is -5.34. The molecule has 0 bridgehead atoms. The van der Waals surface area contributed by atoms with Gasteiger partial charge >= 0.3 is 35.1 Å². The van der Waals surface area contributed by atoms with Crippen molar-refractivity contribution in [3.8, 4) is 11.5 Å². The SMILES string of the molecule is COc1cccc(C=O)c1[O-].[O]=[U](=[O])([OH2+])[OH2+]. The molecule has 0 amide bonds. The van der Waals surface area contributed by atoms with Gasteiger partial charge in [-0.3, -0.25) is 4.79 Å². The van der Waals surface area contributed by atoms with Gasteiger partial charge in [0, 0.05) is 5.56 Å². The molecule has 0 spiro atoms. The van der Waals surface area contributed by atoms with Crippen LogP contribution < -0.4 is 9.84 Å². The summed E-state index contributed by atoms with van der Waals surface area (Å²) in [5.74, 6) is -0.153. The summed E-state index contributed by atoms with van der Waals surface area (Å²) in [4.78, 5) is 10.2. The number of aldehydes is 1. The molecule has 0 saturated carbocycles. The van der Waals surface area contributed by atoms with Gasteiger partial charge in [-0.05, 0) is 6.07 Å². The van der Waals surface area contributed by atoms with Crippen molar-refractivity contribution in [2.24, 2.45) is 0 Å². The second kappa shape index (κ2) is 6.60. The van der Waals surface area contributed by atoms with E-state index < -0.39 is 25.4 Å². The van der Waals surface area contributed by atoms with Crippen LogP contribution in [0.4, 0.5) is 0 Å². The van der Waals surface area contributed by atoms with Crippen molar-refractivity contribution < 1.29 is 49.8 Å². The van der Waals surface area contributed by atoms with E-state index in [0.29, 0.717) is 6.29 Å². The Bertz CT molecular complexity index is 443. The number of para-hydroxylation sites is 1. The fraction of sp³-hybridized carbons (Fsp3) is 0.125. The number of benzene rings is 1. The van der Waals surface area contributed by atoms with E-state index >= 15 is 0 Å². The summed E-state index contributed by atoms with van der Waals surface area (Å²) in [5.41, 5.74) is 0.129. The number of methoxy groups -OCH3 is 1.